The Morgan fingerprint density at radius 3 is 2.50 bits per heavy atom. The highest BCUT2D eigenvalue weighted by atomic mass is 79.9. The van der Waals surface area contributed by atoms with Gasteiger partial charge in [0, 0.05) is 10.4 Å². The number of hydrogen-bond donors (Lipinski definition) is 0. The molecule has 28 heavy (non-hydrogen) atoms. The summed E-state index contributed by atoms with van der Waals surface area (Å²) in [6, 6.07) is 10.2. The molecule has 1 aliphatic carbocycles. The normalized spacial score (nSPS) is 15.9. The van der Waals surface area contributed by atoms with Gasteiger partial charge in [-0.05, 0) is 49.2 Å². The quantitative estimate of drug-likeness (QED) is 0.464. The Balaban J connectivity index is 2.00. The van der Waals surface area contributed by atoms with E-state index < -0.39 is 11.7 Å². The van der Waals surface area contributed by atoms with Gasteiger partial charge in [0.1, 0.15) is 5.82 Å². The standard InChI is InChI=1S/C21H18BrF3N2O/c22-15-9-10-18-17(12-15)20(28)27(19(26-18)13-5-2-1-3-6-13)16-8-4-7-14(11-16)21(23,24)25/h4,7-13H,1-3,5-6H2. The van der Waals surface area contributed by atoms with Crippen molar-refractivity contribution in [1.82, 2.24) is 9.55 Å². The number of benzene rings is 2. The molecule has 1 fully saturated rings. The maximum Gasteiger partial charge on any atom is 0.416 e. The number of alkyl halides is 3. The molecule has 4 rings (SSSR count). The minimum absolute atomic E-state index is 0.0593. The minimum Gasteiger partial charge on any atom is -0.268 e. The molecule has 0 amide bonds. The number of hydrogen-bond acceptors (Lipinski definition) is 2. The maximum atomic E-state index is 13.3. The van der Waals surface area contributed by atoms with Crippen LogP contribution >= 0.6 is 15.9 Å². The van der Waals surface area contributed by atoms with Crippen molar-refractivity contribution in [3.63, 3.8) is 0 Å². The lowest BCUT2D eigenvalue weighted by molar-refractivity contribution is -0.137. The third-order valence-electron chi connectivity index (χ3n) is 5.26. The van der Waals surface area contributed by atoms with Crippen LogP contribution in [0.4, 0.5) is 13.2 Å². The number of aromatic nitrogens is 2. The van der Waals surface area contributed by atoms with Crippen LogP contribution in [-0.2, 0) is 6.18 Å². The summed E-state index contributed by atoms with van der Waals surface area (Å²) in [7, 11) is 0. The van der Waals surface area contributed by atoms with E-state index in [0.29, 0.717) is 16.7 Å². The van der Waals surface area contributed by atoms with Crippen molar-refractivity contribution in [2.75, 3.05) is 0 Å². The zero-order valence-corrected chi connectivity index (χ0v) is 16.6. The van der Waals surface area contributed by atoms with Gasteiger partial charge in [0.05, 0.1) is 22.2 Å². The fourth-order valence-corrected chi connectivity index (χ4v) is 4.24. The summed E-state index contributed by atoms with van der Waals surface area (Å²) in [5.41, 5.74) is -0.348. The van der Waals surface area contributed by atoms with Gasteiger partial charge in [-0.15, -0.1) is 0 Å². The SMILES string of the molecule is O=c1c2cc(Br)ccc2nc(C2CCCCC2)n1-c1cccc(C(F)(F)F)c1. The van der Waals surface area contributed by atoms with Gasteiger partial charge in [-0.2, -0.15) is 13.2 Å². The monoisotopic (exact) mass is 450 g/mol. The third-order valence-corrected chi connectivity index (χ3v) is 5.75. The summed E-state index contributed by atoms with van der Waals surface area (Å²) in [6.07, 6.45) is 0.479. The molecule has 0 radical (unpaired) electrons. The molecule has 1 saturated carbocycles. The molecule has 3 nitrogen and oxygen atoms in total. The molecule has 0 unspecified atom stereocenters. The van der Waals surface area contributed by atoms with Gasteiger partial charge >= 0.3 is 6.18 Å². The average molecular weight is 451 g/mol. The van der Waals surface area contributed by atoms with Gasteiger partial charge in [0.25, 0.3) is 5.56 Å². The molecule has 0 atom stereocenters. The topological polar surface area (TPSA) is 34.9 Å². The largest absolute Gasteiger partial charge is 0.416 e. The lowest BCUT2D eigenvalue weighted by atomic mass is 9.88. The molecule has 1 aliphatic rings. The summed E-state index contributed by atoms with van der Waals surface area (Å²) in [6.45, 7) is 0. The molecule has 7 heteroatoms. The Labute approximate surface area is 168 Å². The Bertz CT molecular complexity index is 1090. The van der Waals surface area contributed by atoms with Crippen LogP contribution in [0, 0.1) is 0 Å². The summed E-state index contributed by atoms with van der Waals surface area (Å²) in [4.78, 5) is 18.1. The van der Waals surface area contributed by atoms with Gasteiger partial charge in [-0.3, -0.25) is 9.36 Å². The van der Waals surface area contributed by atoms with E-state index in [4.69, 9.17) is 4.98 Å². The van der Waals surface area contributed by atoms with E-state index >= 15 is 0 Å². The number of nitrogens with zero attached hydrogens (tertiary/aromatic N) is 2. The predicted molar refractivity (Wildman–Crippen MR) is 106 cm³/mol. The summed E-state index contributed by atoms with van der Waals surface area (Å²) in [5.74, 6) is 0.614. The molecule has 146 valence electrons. The first-order valence-electron chi connectivity index (χ1n) is 9.24. The van der Waals surface area contributed by atoms with Gasteiger partial charge in [-0.1, -0.05) is 41.3 Å². The molecule has 0 bridgehead atoms. The maximum absolute atomic E-state index is 13.3. The Hall–Kier alpha value is -2.15. The first kappa shape index (κ1) is 19.2. The number of rotatable bonds is 2. The van der Waals surface area contributed by atoms with Crippen LogP contribution in [0.15, 0.2) is 51.7 Å². The third kappa shape index (κ3) is 3.60. The second kappa shape index (κ2) is 7.35. The summed E-state index contributed by atoms with van der Waals surface area (Å²) < 4.78 is 41.8. The van der Waals surface area contributed by atoms with Crippen molar-refractivity contribution in [2.24, 2.45) is 0 Å². The fraction of sp³-hybridized carbons (Fsp3) is 0.333. The Morgan fingerprint density at radius 2 is 1.79 bits per heavy atom. The van der Waals surface area contributed by atoms with E-state index in [2.05, 4.69) is 15.9 Å². The van der Waals surface area contributed by atoms with Crippen LogP contribution in [0.5, 0.6) is 0 Å². The highest BCUT2D eigenvalue weighted by Crippen LogP contribution is 2.34. The summed E-state index contributed by atoms with van der Waals surface area (Å²) in [5, 5.41) is 0.381. The first-order valence-corrected chi connectivity index (χ1v) is 10.0. The van der Waals surface area contributed by atoms with Crippen LogP contribution in [0.3, 0.4) is 0 Å². The Morgan fingerprint density at radius 1 is 1.04 bits per heavy atom. The van der Waals surface area contributed by atoms with E-state index in [0.717, 1.165) is 48.7 Å². The van der Waals surface area contributed by atoms with Crippen LogP contribution in [0.25, 0.3) is 16.6 Å². The van der Waals surface area contributed by atoms with Crippen molar-refractivity contribution in [3.05, 3.63) is 68.7 Å². The zero-order valence-electron chi connectivity index (χ0n) is 15.0. The molecule has 0 saturated heterocycles. The molecule has 3 aromatic rings. The van der Waals surface area contributed by atoms with E-state index in [9.17, 15) is 18.0 Å². The fourth-order valence-electron chi connectivity index (χ4n) is 3.88. The van der Waals surface area contributed by atoms with E-state index in [1.807, 2.05) is 6.07 Å². The van der Waals surface area contributed by atoms with Crippen LogP contribution in [0.1, 0.15) is 49.4 Å². The first-order chi connectivity index (χ1) is 13.3. The highest BCUT2D eigenvalue weighted by Gasteiger charge is 2.31. The van der Waals surface area contributed by atoms with Crippen molar-refractivity contribution in [1.29, 1.82) is 0 Å². The molecule has 1 heterocycles. The van der Waals surface area contributed by atoms with Crippen molar-refractivity contribution in [2.45, 2.75) is 44.2 Å². The highest BCUT2D eigenvalue weighted by molar-refractivity contribution is 9.10. The van der Waals surface area contributed by atoms with E-state index in [1.165, 1.54) is 16.7 Å². The Kier molecular flexibility index (Phi) is 5.04. The van der Waals surface area contributed by atoms with Gasteiger partial charge < -0.3 is 0 Å². The van der Waals surface area contributed by atoms with Gasteiger partial charge in [-0.25, -0.2) is 4.98 Å². The predicted octanol–water partition coefficient (Wildman–Crippen LogP) is 6.21. The second-order valence-electron chi connectivity index (χ2n) is 7.16. The average Bonchev–Trinajstić information content (AvgIpc) is 2.68. The molecular weight excluding hydrogens is 433 g/mol. The van der Waals surface area contributed by atoms with Crippen LogP contribution in [-0.4, -0.2) is 9.55 Å². The van der Waals surface area contributed by atoms with Crippen molar-refractivity contribution in [3.8, 4) is 5.69 Å². The number of halogens is 4. The van der Waals surface area contributed by atoms with Crippen molar-refractivity contribution < 1.29 is 13.2 Å². The molecule has 0 spiro atoms. The lowest BCUT2D eigenvalue weighted by Gasteiger charge is -2.25. The smallest absolute Gasteiger partial charge is 0.268 e. The van der Waals surface area contributed by atoms with E-state index in [1.54, 1.807) is 12.1 Å². The van der Waals surface area contributed by atoms with E-state index in [-0.39, 0.29) is 17.2 Å². The molecule has 2 aromatic carbocycles. The molecule has 0 N–H and O–H groups in total. The summed E-state index contributed by atoms with van der Waals surface area (Å²) >= 11 is 3.36. The second-order valence-corrected chi connectivity index (χ2v) is 8.07. The molecule has 0 aliphatic heterocycles. The number of fused-ring (bicyclic) bond motifs is 1. The minimum atomic E-state index is -4.47. The van der Waals surface area contributed by atoms with Gasteiger partial charge in [0.15, 0.2) is 0 Å². The van der Waals surface area contributed by atoms with Crippen LogP contribution in [0.2, 0.25) is 0 Å². The van der Waals surface area contributed by atoms with Gasteiger partial charge in [0.2, 0.25) is 0 Å². The lowest BCUT2D eigenvalue weighted by Crippen LogP contribution is -2.27. The molecule has 1 aromatic heterocycles. The van der Waals surface area contributed by atoms with Crippen molar-refractivity contribution >= 4 is 26.8 Å². The zero-order chi connectivity index (χ0) is 19.9. The molecular formula is C21H18BrF3N2O. The van der Waals surface area contributed by atoms with Crippen LogP contribution < -0.4 is 5.56 Å².